The average molecular weight is 323 g/mol. The van der Waals surface area contributed by atoms with Crippen LogP contribution in [-0.4, -0.2) is 25.5 Å². The Labute approximate surface area is 141 Å². The minimum Gasteiger partial charge on any atom is -0.359 e. The normalized spacial score (nSPS) is 10.4. The van der Waals surface area contributed by atoms with E-state index < -0.39 is 0 Å². The lowest BCUT2D eigenvalue weighted by atomic mass is 10.1. The van der Waals surface area contributed by atoms with Crippen LogP contribution in [0.15, 0.2) is 60.7 Å². The number of carbonyl (C=O) groups is 2. The Hall–Kier alpha value is -3.08. The molecule has 0 unspecified atom stereocenters. The largest absolute Gasteiger partial charge is 0.359 e. The molecule has 2 aromatic carbocycles. The van der Waals surface area contributed by atoms with Crippen LogP contribution in [-0.2, 0) is 11.2 Å². The number of urea groups is 1. The van der Waals surface area contributed by atoms with Crippen LogP contribution in [0.1, 0.15) is 11.1 Å². The van der Waals surface area contributed by atoms with E-state index in [1.807, 2.05) is 54.6 Å². The summed E-state index contributed by atoms with van der Waals surface area (Å²) in [7, 11) is 1.61. The van der Waals surface area contributed by atoms with E-state index in [4.69, 9.17) is 0 Å². The van der Waals surface area contributed by atoms with Crippen LogP contribution in [0, 0.1) is 0 Å². The van der Waals surface area contributed by atoms with E-state index in [1.165, 1.54) is 0 Å². The van der Waals surface area contributed by atoms with E-state index in [0.717, 1.165) is 11.1 Å². The number of hydrogen-bond acceptors (Lipinski definition) is 2. The van der Waals surface area contributed by atoms with Crippen molar-refractivity contribution in [1.29, 1.82) is 0 Å². The maximum absolute atomic E-state index is 11.8. The molecular formula is C19H21N3O2. The zero-order chi connectivity index (χ0) is 17.2. The number of likely N-dealkylation sites (N-methyl/N-ethyl adjacent to an activating group) is 1. The van der Waals surface area contributed by atoms with Gasteiger partial charge in [0, 0.05) is 19.3 Å². The molecule has 0 saturated carbocycles. The minimum absolute atomic E-state index is 0.0429. The van der Waals surface area contributed by atoms with Crippen LogP contribution in [0.4, 0.5) is 10.5 Å². The van der Waals surface area contributed by atoms with Crippen molar-refractivity contribution >= 4 is 23.7 Å². The van der Waals surface area contributed by atoms with Crippen LogP contribution in [0.25, 0.3) is 6.08 Å². The number of rotatable bonds is 6. The van der Waals surface area contributed by atoms with Crippen LogP contribution in [0.2, 0.25) is 0 Å². The molecule has 3 N–H and O–H groups in total. The van der Waals surface area contributed by atoms with Gasteiger partial charge in [0.25, 0.3) is 0 Å². The second-order valence-electron chi connectivity index (χ2n) is 5.19. The number of amides is 3. The monoisotopic (exact) mass is 323 g/mol. The average Bonchev–Trinajstić information content (AvgIpc) is 2.61. The van der Waals surface area contributed by atoms with Crippen molar-refractivity contribution < 1.29 is 9.59 Å². The summed E-state index contributed by atoms with van der Waals surface area (Å²) < 4.78 is 0. The van der Waals surface area contributed by atoms with Crippen molar-refractivity contribution in [2.75, 3.05) is 18.9 Å². The quantitative estimate of drug-likeness (QED) is 0.765. The molecule has 0 heterocycles. The number of carbonyl (C=O) groups excluding carboxylic acids is 2. The number of anilines is 1. The molecule has 2 rings (SSSR count). The molecule has 0 saturated heterocycles. The standard InChI is InChI=1S/C19H21N3O2/c1-20-18(23)14-16-9-11-17(12-10-16)22-19(24)21-13-5-8-15-6-3-2-4-7-15/h2-12H,13-14H2,1H3,(H,20,23)(H2,21,22,24)/b8-5-. The predicted molar refractivity (Wildman–Crippen MR) is 96.7 cm³/mol. The van der Waals surface area contributed by atoms with Gasteiger partial charge in [-0.2, -0.15) is 0 Å². The summed E-state index contributed by atoms with van der Waals surface area (Å²) in [5, 5.41) is 8.08. The van der Waals surface area contributed by atoms with E-state index in [2.05, 4.69) is 16.0 Å². The van der Waals surface area contributed by atoms with Crippen molar-refractivity contribution in [3.05, 3.63) is 71.8 Å². The smallest absolute Gasteiger partial charge is 0.319 e. The highest BCUT2D eigenvalue weighted by atomic mass is 16.2. The summed E-state index contributed by atoms with van der Waals surface area (Å²) in [5.74, 6) is -0.0429. The van der Waals surface area contributed by atoms with Gasteiger partial charge in [0.2, 0.25) is 5.91 Å². The Bertz CT molecular complexity index is 694. The molecule has 0 aliphatic heterocycles. The molecule has 0 aliphatic rings. The first-order chi connectivity index (χ1) is 11.7. The fourth-order valence-electron chi connectivity index (χ4n) is 2.07. The van der Waals surface area contributed by atoms with Crippen LogP contribution >= 0.6 is 0 Å². The first kappa shape index (κ1) is 17.3. The summed E-state index contributed by atoms with van der Waals surface area (Å²) >= 11 is 0. The fourth-order valence-corrected chi connectivity index (χ4v) is 2.07. The lowest BCUT2D eigenvalue weighted by Gasteiger charge is -2.07. The molecule has 2 aromatic rings. The molecule has 0 aliphatic carbocycles. The van der Waals surface area contributed by atoms with Gasteiger partial charge < -0.3 is 16.0 Å². The third-order valence-electron chi connectivity index (χ3n) is 3.35. The summed E-state index contributed by atoms with van der Waals surface area (Å²) in [4.78, 5) is 23.1. The molecule has 3 amide bonds. The molecule has 0 fully saturated rings. The third-order valence-corrected chi connectivity index (χ3v) is 3.35. The molecule has 0 spiro atoms. The highest BCUT2D eigenvalue weighted by Crippen LogP contribution is 2.10. The van der Waals surface area contributed by atoms with Gasteiger partial charge in [-0.1, -0.05) is 54.6 Å². The summed E-state index contributed by atoms with van der Waals surface area (Å²) in [6.07, 6.45) is 4.17. The molecule has 0 aromatic heterocycles. The molecule has 0 atom stereocenters. The Morgan fingerprint density at radius 3 is 2.38 bits per heavy atom. The Kier molecular flexibility index (Phi) is 6.58. The van der Waals surface area contributed by atoms with E-state index in [1.54, 1.807) is 19.2 Å². The lowest BCUT2D eigenvalue weighted by Crippen LogP contribution is -2.28. The Morgan fingerprint density at radius 1 is 1.00 bits per heavy atom. The molecule has 5 heteroatoms. The van der Waals surface area contributed by atoms with Crippen molar-refractivity contribution in [1.82, 2.24) is 10.6 Å². The second kappa shape index (κ2) is 9.15. The number of nitrogens with one attached hydrogen (secondary N) is 3. The zero-order valence-corrected chi connectivity index (χ0v) is 13.6. The summed E-state index contributed by atoms with van der Waals surface area (Å²) in [6, 6.07) is 16.8. The predicted octanol–water partition coefficient (Wildman–Crippen LogP) is 2.81. The van der Waals surface area contributed by atoms with E-state index >= 15 is 0 Å². The van der Waals surface area contributed by atoms with Gasteiger partial charge in [0.05, 0.1) is 6.42 Å². The van der Waals surface area contributed by atoms with Crippen LogP contribution < -0.4 is 16.0 Å². The first-order valence-corrected chi connectivity index (χ1v) is 7.73. The maximum Gasteiger partial charge on any atom is 0.319 e. The van der Waals surface area contributed by atoms with Gasteiger partial charge in [-0.25, -0.2) is 4.79 Å². The van der Waals surface area contributed by atoms with Crippen molar-refractivity contribution in [3.8, 4) is 0 Å². The van der Waals surface area contributed by atoms with Gasteiger partial charge in [0.1, 0.15) is 0 Å². The zero-order valence-electron chi connectivity index (χ0n) is 13.6. The highest BCUT2D eigenvalue weighted by Gasteiger charge is 2.03. The minimum atomic E-state index is -0.272. The topological polar surface area (TPSA) is 70.2 Å². The van der Waals surface area contributed by atoms with Gasteiger partial charge in [-0.3, -0.25) is 4.79 Å². The number of benzene rings is 2. The van der Waals surface area contributed by atoms with Gasteiger partial charge in [-0.05, 0) is 23.3 Å². The van der Waals surface area contributed by atoms with E-state index in [-0.39, 0.29) is 11.9 Å². The van der Waals surface area contributed by atoms with Crippen molar-refractivity contribution in [3.63, 3.8) is 0 Å². The van der Waals surface area contributed by atoms with E-state index in [9.17, 15) is 9.59 Å². The van der Waals surface area contributed by atoms with Crippen LogP contribution in [0.3, 0.4) is 0 Å². The molecule has 124 valence electrons. The fraction of sp³-hybridized carbons (Fsp3) is 0.158. The second-order valence-corrected chi connectivity index (χ2v) is 5.19. The molecule has 0 bridgehead atoms. The summed E-state index contributed by atoms with van der Waals surface area (Å²) in [5.41, 5.74) is 2.66. The first-order valence-electron chi connectivity index (χ1n) is 7.73. The van der Waals surface area contributed by atoms with Crippen LogP contribution in [0.5, 0.6) is 0 Å². The molecule has 24 heavy (non-hydrogen) atoms. The van der Waals surface area contributed by atoms with Crippen molar-refractivity contribution in [2.45, 2.75) is 6.42 Å². The van der Waals surface area contributed by atoms with Gasteiger partial charge in [0.15, 0.2) is 0 Å². The number of hydrogen-bond donors (Lipinski definition) is 3. The SMILES string of the molecule is CNC(=O)Cc1ccc(NC(=O)NC/C=C\c2ccccc2)cc1. The Balaban J connectivity index is 1.76. The molecular weight excluding hydrogens is 302 g/mol. The Morgan fingerprint density at radius 2 is 1.71 bits per heavy atom. The lowest BCUT2D eigenvalue weighted by molar-refractivity contribution is -0.119. The summed E-state index contributed by atoms with van der Waals surface area (Å²) in [6.45, 7) is 0.440. The van der Waals surface area contributed by atoms with Gasteiger partial charge >= 0.3 is 6.03 Å². The molecule has 0 radical (unpaired) electrons. The van der Waals surface area contributed by atoms with Crippen molar-refractivity contribution in [2.24, 2.45) is 0 Å². The van der Waals surface area contributed by atoms with Gasteiger partial charge in [-0.15, -0.1) is 0 Å². The highest BCUT2D eigenvalue weighted by molar-refractivity contribution is 5.89. The third kappa shape index (κ3) is 5.96. The van der Waals surface area contributed by atoms with E-state index in [0.29, 0.717) is 18.7 Å². The maximum atomic E-state index is 11.8. The molecule has 5 nitrogen and oxygen atoms in total.